The molecule has 0 fully saturated rings. The van der Waals surface area contributed by atoms with Crippen LogP contribution in [0.25, 0.3) is 5.57 Å². The lowest BCUT2D eigenvalue weighted by Gasteiger charge is -2.21. The Morgan fingerprint density at radius 1 is 0.623 bits per heavy atom. The lowest BCUT2D eigenvalue weighted by molar-refractivity contribution is -0.168. The first-order valence-corrected chi connectivity index (χ1v) is 17.8. The van der Waals surface area contributed by atoms with Crippen LogP contribution in [0, 0.1) is 13.8 Å². The molecule has 0 aliphatic carbocycles. The predicted octanol–water partition coefficient (Wildman–Crippen LogP) is 2.74. The fourth-order valence-electron chi connectivity index (χ4n) is 5.74. The average molecular weight is 860 g/mol. The Labute approximate surface area is 346 Å². The first-order chi connectivity index (χ1) is 28.7. The van der Waals surface area contributed by atoms with Crippen LogP contribution in [0.1, 0.15) is 84.8 Å². The van der Waals surface area contributed by atoms with Gasteiger partial charge >= 0.3 is 55.2 Å². The van der Waals surface area contributed by atoms with Gasteiger partial charge in [0.05, 0.1) is 22.5 Å². The number of carbonyl (C=O) groups is 9. The van der Waals surface area contributed by atoms with E-state index in [1.807, 2.05) is 0 Å². The number of nitrogens with zero attached hydrogens (tertiary/aromatic N) is 3. The Bertz CT molecular complexity index is 2180. The number of rotatable bonds is 18. The van der Waals surface area contributed by atoms with Crippen molar-refractivity contribution in [3.8, 4) is 0 Å². The standard InChI is InChI=1S/C38H40BF2N3O17/c1-19-31(37(52)60-17-56-25(7)47)21(3)42-34(19)33(35-20(2)32(22(4)44(35)39(40)41)38(53)61-18-57-26(8)48)27-9-11-28(12-10-27)36(51)43(13-29(49)58-15-54-23(5)45)14-30(50)59-16-55-24(6)46/h9-12H,13-18H2,1-8H3/b34-33-. The molecular weight excluding hydrogens is 819 g/mol. The summed E-state index contributed by atoms with van der Waals surface area (Å²) < 4.78 is 69.0. The molecule has 1 amide bonds. The first kappa shape index (κ1) is 48.2. The Morgan fingerprint density at radius 2 is 1.05 bits per heavy atom. The van der Waals surface area contributed by atoms with E-state index in [2.05, 4.69) is 19.2 Å². The second-order valence-electron chi connectivity index (χ2n) is 12.7. The average Bonchev–Trinajstić information content (AvgIpc) is 3.60. The zero-order chi connectivity index (χ0) is 45.7. The lowest BCUT2D eigenvalue weighted by atomic mass is 9.92. The zero-order valence-electron chi connectivity index (χ0n) is 34.2. The molecule has 1 aliphatic heterocycles. The highest BCUT2D eigenvalue weighted by Gasteiger charge is 2.36. The quantitative estimate of drug-likeness (QED) is 0.0905. The predicted molar refractivity (Wildman–Crippen MR) is 202 cm³/mol. The maximum absolute atomic E-state index is 15.1. The number of hydrogen-bond acceptors (Lipinski definition) is 18. The van der Waals surface area contributed by atoms with Crippen LogP contribution in [0.5, 0.6) is 0 Å². The molecule has 1 aliphatic rings. The van der Waals surface area contributed by atoms with Gasteiger partial charge in [-0.25, -0.2) is 9.59 Å². The lowest BCUT2D eigenvalue weighted by Crippen LogP contribution is -2.41. The van der Waals surface area contributed by atoms with Gasteiger partial charge in [0.2, 0.25) is 27.2 Å². The van der Waals surface area contributed by atoms with E-state index in [4.69, 9.17) is 23.7 Å². The topological polar surface area (TPSA) is 248 Å². The maximum atomic E-state index is 15.1. The number of hydrogen-bond donors (Lipinski definition) is 0. The van der Waals surface area contributed by atoms with E-state index in [1.165, 1.54) is 52.0 Å². The molecule has 0 radical (unpaired) electrons. The van der Waals surface area contributed by atoms with Crippen LogP contribution in [0.3, 0.4) is 0 Å². The van der Waals surface area contributed by atoms with Gasteiger partial charge in [0.15, 0.2) is 0 Å². The van der Waals surface area contributed by atoms with E-state index in [-0.39, 0.29) is 61.8 Å². The van der Waals surface area contributed by atoms with E-state index in [0.29, 0.717) is 9.38 Å². The second-order valence-corrected chi connectivity index (χ2v) is 12.7. The molecule has 61 heavy (non-hydrogen) atoms. The van der Waals surface area contributed by atoms with Gasteiger partial charge in [-0.15, -0.1) is 0 Å². The monoisotopic (exact) mass is 859 g/mol. The van der Waals surface area contributed by atoms with Crippen molar-refractivity contribution in [1.82, 2.24) is 9.38 Å². The molecule has 0 saturated carbocycles. The van der Waals surface area contributed by atoms with Crippen molar-refractivity contribution in [2.45, 2.75) is 55.4 Å². The molecular formula is C38H40BF2N3O17. The smallest absolute Gasteiger partial charge is 0.428 e. The summed E-state index contributed by atoms with van der Waals surface area (Å²) in [7, 11) is -3.29. The molecule has 3 rings (SSSR count). The number of ether oxygens (including phenoxy) is 8. The Hall–Kier alpha value is -7.20. The molecule has 2 heterocycles. The Morgan fingerprint density at radius 3 is 1.49 bits per heavy atom. The third-order valence-corrected chi connectivity index (χ3v) is 8.36. The van der Waals surface area contributed by atoms with Gasteiger partial charge < -0.3 is 47.3 Å². The largest absolute Gasteiger partial charge is 0.677 e. The van der Waals surface area contributed by atoms with E-state index in [0.717, 1.165) is 27.7 Å². The van der Waals surface area contributed by atoms with Crippen molar-refractivity contribution in [2.75, 3.05) is 40.3 Å². The van der Waals surface area contributed by atoms with Gasteiger partial charge in [0.25, 0.3) is 5.91 Å². The van der Waals surface area contributed by atoms with Gasteiger partial charge in [-0.05, 0) is 56.5 Å². The van der Waals surface area contributed by atoms with Crippen LogP contribution in [0.2, 0.25) is 0 Å². The van der Waals surface area contributed by atoms with E-state index in [9.17, 15) is 43.2 Å². The van der Waals surface area contributed by atoms with Crippen molar-refractivity contribution >= 4 is 72.3 Å². The Kier molecular flexibility index (Phi) is 17.1. The van der Waals surface area contributed by atoms with Crippen LogP contribution in [-0.4, -0.2) is 116 Å². The summed E-state index contributed by atoms with van der Waals surface area (Å²) in [5.74, 6) is -8.32. The molecule has 0 atom stereocenters. The molecule has 1 aromatic carbocycles. The number of amides is 1. The Balaban J connectivity index is 2.23. The summed E-state index contributed by atoms with van der Waals surface area (Å²) in [6.07, 6.45) is 0. The third kappa shape index (κ3) is 12.9. The van der Waals surface area contributed by atoms with Crippen molar-refractivity contribution in [1.29, 1.82) is 0 Å². The second kappa shape index (κ2) is 21.7. The SMILES string of the molecule is CC(=O)OCOC(=O)CN(CC(=O)OCOC(C)=O)C(=O)c1ccc(/C(=C2/N=C(C)C(C(=O)OCOC(C)=O)=C2C)c2c(C)c(C(=O)OCOC(C)=O)c(C)n2B(F)F)cc1. The van der Waals surface area contributed by atoms with Crippen molar-refractivity contribution in [3.63, 3.8) is 0 Å². The van der Waals surface area contributed by atoms with E-state index >= 15 is 8.63 Å². The van der Waals surface area contributed by atoms with Gasteiger partial charge in [0.1, 0.15) is 13.1 Å². The normalized spacial score (nSPS) is 12.7. The number of benzene rings is 1. The molecule has 1 aromatic heterocycles. The summed E-state index contributed by atoms with van der Waals surface area (Å²) >= 11 is 0. The number of carbonyl (C=O) groups excluding carboxylic acids is 9. The summed E-state index contributed by atoms with van der Waals surface area (Å²) in [6, 6.07) is 5.03. The number of esters is 8. The molecule has 0 bridgehead atoms. The zero-order valence-corrected chi connectivity index (χ0v) is 34.2. The number of aromatic nitrogens is 1. The summed E-state index contributed by atoms with van der Waals surface area (Å²) in [6.45, 7) is 4.82. The highest BCUT2D eigenvalue weighted by molar-refractivity contribution is 6.42. The highest BCUT2D eigenvalue weighted by atomic mass is 19.2. The van der Waals surface area contributed by atoms with Crippen LogP contribution < -0.4 is 0 Å². The van der Waals surface area contributed by atoms with Crippen molar-refractivity contribution < 1.29 is 89.7 Å². The molecule has 326 valence electrons. The third-order valence-electron chi connectivity index (χ3n) is 8.36. The van der Waals surface area contributed by atoms with Gasteiger partial charge in [-0.2, -0.15) is 0 Å². The molecule has 23 heteroatoms. The molecule has 0 unspecified atom stereocenters. The number of aliphatic imine (C=N–C) groups is 1. The van der Waals surface area contributed by atoms with Crippen molar-refractivity contribution in [2.24, 2.45) is 4.99 Å². The number of allylic oxidation sites excluding steroid dienone is 1. The summed E-state index contributed by atoms with van der Waals surface area (Å²) in [4.78, 5) is 115. The molecule has 0 spiro atoms. The van der Waals surface area contributed by atoms with Crippen LogP contribution in [-0.2, 0) is 71.5 Å². The van der Waals surface area contributed by atoms with Crippen LogP contribution in [0.4, 0.5) is 8.63 Å². The number of halogens is 2. The molecule has 2 aromatic rings. The van der Waals surface area contributed by atoms with Gasteiger partial charge in [0, 0.05) is 50.2 Å². The molecule has 0 saturated heterocycles. The van der Waals surface area contributed by atoms with Crippen LogP contribution in [0.15, 0.2) is 46.1 Å². The minimum atomic E-state index is -3.29. The van der Waals surface area contributed by atoms with E-state index < -0.39 is 101 Å². The molecule has 0 N–H and O–H groups in total. The van der Waals surface area contributed by atoms with Crippen molar-refractivity contribution in [3.05, 3.63) is 74.8 Å². The van der Waals surface area contributed by atoms with E-state index in [1.54, 1.807) is 0 Å². The summed E-state index contributed by atoms with van der Waals surface area (Å²) in [5, 5.41) is 0. The summed E-state index contributed by atoms with van der Waals surface area (Å²) in [5.41, 5.74) is -1.04. The van der Waals surface area contributed by atoms with Gasteiger partial charge in [-0.3, -0.25) is 47.2 Å². The fourth-order valence-corrected chi connectivity index (χ4v) is 5.74. The minimum absolute atomic E-state index is 0.0500. The maximum Gasteiger partial charge on any atom is 0.677 e. The minimum Gasteiger partial charge on any atom is -0.428 e. The fraction of sp³-hybridized carbons (Fsp3) is 0.368. The van der Waals surface area contributed by atoms with Gasteiger partial charge in [-0.1, -0.05) is 12.1 Å². The first-order valence-electron chi connectivity index (χ1n) is 17.8. The van der Waals surface area contributed by atoms with Crippen LogP contribution >= 0.6 is 0 Å². The molecule has 20 nitrogen and oxygen atoms in total. The highest BCUT2D eigenvalue weighted by Crippen LogP contribution is 2.40.